The molecule has 0 radical (unpaired) electrons. The molecule has 3 rings (SSSR count). The fourth-order valence-electron chi connectivity index (χ4n) is 2.98. The van der Waals surface area contributed by atoms with Gasteiger partial charge < -0.3 is 4.57 Å². The van der Waals surface area contributed by atoms with Crippen LogP contribution in [0.15, 0.2) is 24.5 Å². The first kappa shape index (κ1) is 17.2. The first-order valence-corrected chi connectivity index (χ1v) is 9.03. The van der Waals surface area contributed by atoms with Crippen molar-refractivity contribution in [2.75, 3.05) is 0 Å². The SMILES string of the molecule is CCc1nc2c(ncn2C(CC)CC)nc1-c1ccc(Cl)cc1Cl. The minimum absolute atomic E-state index is 0.388. The van der Waals surface area contributed by atoms with E-state index in [1.54, 1.807) is 6.07 Å². The van der Waals surface area contributed by atoms with Gasteiger partial charge in [0.05, 0.1) is 22.7 Å². The lowest BCUT2D eigenvalue weighted by Crippen LogP contribution is -2.08. The maximum atomic E-state index is 6.37. The zero-order chi connectivity index (χ0) is 17.3. The Morgan fingerprint density at radius 2 is 1.83 bits per heavy atom. The molecule has 0 saturated heterocycles. The van der Waals surface area contributed by atoms with Gasteiger partial charge in [0.2, 0.25) is 0 Å². The third-order valence-electron chi connectivity index (χ3n) is 4.34. The van der Waals surface area contributed by atoms with E-state index in [4.69, 9.17) is 33.2 Å². The minimum atomic E-state index is 0.388. The van der Waals surface area contributed by atoms with Gasteiger partial charge in [-0.25, -0.2) is 15.0 Å². The summed E-state index contributed by atoms with van der Waals surface area (Å²) in [6.45, 7) is 6.42. The molecule has 2 aromatic heterocycles. The third kappa shape index (κ3) is 3.01. The molecule has 0 atom stereocenters. The van der Waals surface area contributed by atoms with Crippen molar-refractivity contribution in [1.82, 2.24) is 19.5 Å². The summed E-state index contributed by atoms with van der Waals surface area (Å²) in [6, 6.07) is 5.82. The van der Waals surface area contributed by atoms with Crippen LogP contribution >= 0.6 is 23.2 Å². The Balaban J connectivity index is 2.20. The minimum Gasteiger partial charge on any atom is -0.311 e. The number of hydrogen-bond acceptors (Lipinski definition) is 3. The number of aromatic nitrogens is 4. The molecule has 0 spiro atoms. The quantitative estimate of drug-likeness (QED) is 0.582. The van der Waals surface area contributed by atoms with Gasteiger partial charge in [-0.1, -0.05) is 44.0 Å². The Morgan fingerprint density at radius 3 is 2.46 bits per heavy atom. The van der Waals surface area contributed by atoms with Gasteiger partial charge >= 0.3 is 0 Å². The number of fused-ring (bicyclic) bond motifs is 1. The molecule has 0 aliphatic carbocycles. The van der Waals surface area contributed by atoms with Crippen molar-refractivity contribution in [3.8, 4) is 11.3 Å². The molecule has 0 N–H and O–H groups in total. The van der Waals surface area contributed by atoms with Crippen LogP contribution in [0.1, 0.15) is 45.3 Å². The fraction of sp³-hybridized carbons (Fsp3) is 0.389. The van der Waals surface area contributed by atoms with Crippen LogP contribution in [-0.2, 0) is 6.42 Å². The van der Waals surface area contributed by atoms with E-state index in [0.717, 1.165) is 41.9 Å². The summed E-state index contributed by atoms with van der Waals surface area (Å²) in [7, 11) is 0. The average Bonchev–Trinajstić information content (AvgIpc) is 2.98. The van der Waals surface area contributed by atoms with Gasteiger partial charge in [0, 0.05) is 16.6 Å². The van der Waals surface area contributed by atoms with Crippen molar-refractivity contribution in [3.63, 3.8) is 0 Å². The van der Waals surface area contributed by atoms with E-state index < -0.39 is 0 Å². The standard InChI is InChI=1S/C18H20Cl2N4/c1-4-12(5-2)24-10-21-17-18(24)22-15(6-3)16(23-17)13-8-7-11(19)9-14(13)20/h7-10,12H,4-6H2,1-3H3. The van der Waals surface area contributed by atoms with Gasteiger partial charge in [0.15, 0.2) is 11.3 Å². The lowest BCUT2D eigenvalue weighted by atomic mass is 10.1. The van der Waals surface area contributed by atoms with Crippen LogP contribution in [0.25, 0.3) is 22.6 Å². The summed E-state index contributed by atoms with van der Waals surface area (Å²) in [6.07, 6.45) is 4.69. The van der Waals surface area contributed by atoms with E-state index in [1.807, 2.05) is 18.5 Å². The Labute approximate surface area is 151 Å². The van der Waals surface area contributed by atoms with Crippen molar-refractivity contribution >= 4 is 34.5 Å². The van der Waals surface area contributed by atoms with Gasteiger partial charge in [-0.3, -0.25) is 0 Å². The Morgan fingerprint density at radius 1 is 1.08 bits per heavy atom. The molecule has 126 valence electrons. The van der Waals surface area contributed by atoms with Crippen molar-refractivity contribution in [1.29, 1.82) is 0 Å². The molecule has 0 amide bonds. The monoisotopic (exact) mass is 362 g/mol. The Kier molecular flexibility index (Phi) is 5.07. The lowest BCUT2D eigenvalue weighted by Gasteiger charge is -2.15. The second-order valence-electron chi connectivity index (χ2n) is 5.77. The Hall–Kier alpha value is -1.65. The highest BCUT2D eigenvalue weighted by molar-refractivity contribution is 6.36. The molecule has 0 saturated carbocycles. The van der Waals surface area contributed by atoms with Crippen LogP contribution in [0, 0.1) is 0 Å². The highest BCUT2D eigenvalue weighted by atomic mass is 35.5. The third-order valence-corrected chi connectivity index (χ3v) is 4.89. The predicted molar refractivity (Wildman–Crippen MR) is 99.8 cm³/mol. The number of hydrogen-bond donors (Lipinski definition) is 0. The molecule has 24 heavy (non-hydrogen) atoms. The molecule has 0 fully saturated rings. The molecule has 1 aromatic carbocycles. The van der Waals surface area contributed by atoms with E-state index in [-0.39, 0.29) is 0 Å². The largest absolute Gasteiger partial charge is 0.311 e. The van der Waals surface area contributed by atoms with Crippen molar-refractivity contribution in [2.24, 2.45) is 0 Å². The number of imidazole rings is 1. The second-order valence-corrected chi connectivity index (χ2v) is 6.61. The van der Waals surface area contributed by atoms with Crippen LogP contribution in [-0.4, -0.2) is 19.5 Å². The molecular weight excluding hydrogens is 343 g/mol. The molecule has 4 nitrogen and oxygen atoms in total. The number of aryl methyl sites for hydroxylation is 1. The molecule has 0 bridgehead atoms. The van der Waals surface area contributed by atoms with E-state index in [0.29, 0.717) is 21.7 Å². The summed E-state index contributed by atoms with van der Waals surface area (Å²) in [5.74, 6) is 0. The number of rotatable bonds is 5. The zero-order valence-electron chi connectivity index (χ0n) is 14.1. The number of nitrogens with zero attached hydrogens (tertiary/aromatic N) is 4. The fourth-order valence-corrected chi connectivity index (χ4v) is 3.47. The van der Waals surface area contributed by atoms with Crippen LogP contribution in [0.4, 0.5) is 0 Å². The van der Waals surface area contributed by atoms with Crippen molar-refractivity contribution < 1.29 is 0 Å². The Bertz CT molecular complexity index is 869. The molecule has 2 heterocycles. The lowest BCUT2D eigenvalue weighted by molar-refractivity contribution is 0.480. The molecule has 6 heteroatoms. The van der Waals surface area contributed by atoms with E-state index in [9.17, 15) is 0 Å². The normalized spacial score (nSPS) is 11.6. The summed E-state index contributed by atoms with van der Waals surface area (Å²) in [5.41, 5.74) is 4.03. The molecule has 0 unspecified atom stereocenters. The summed E-state index contributed by atoms with van der Waals surface area (Å²) in [5, 5.41) is 1.18. The van der Waals surface area contributed by atoms with Crippen LogP contribution in [0.5, 0.6) is 0 Å². The summed E-state index contributed by atoms with van der Waals surface area (Å²) >= 11 is 12.4. The first-order valence-electron chi connectivity index (χ1n) is 8.27. The molecule has 0 aliphatic rings. The van der Waals surface area contributed by atoms with Crippen LogP contribution in [0.2, 0.25) is 10.0 Å². The van der Waals surface area contributed by atoms with Crippen LogP contribution in [0.3, 0.4) is 0 Å². The smallest absolute Gasteiger partial charge is 0.198 e. The number of halogens is 2. The van der Waals surface area contributed by atoms with Crippen LogP contribution < -0.4 is 0 Å². The molecule has 3 aromatic rings. The van der Waals surface area contributed by atoms with E-state index in [2.05, 4.69) is 30.3 Å². The van der Waals surface area contributed by atoms with E-state index in [1.165, 1.54) is 0 Å². The maximum Gasteiger partial charge on any atom is 0.198 e. The van der Waals surface area contributed by atoms with Crippen molar-refractivity contribution in [2.45, 2.75) is 46.1 Å². The first-order chi connectivity index (χ1) is 11.6. The summed E-state index contributed by atoms with van der Waals surface area (Å²) in [4.78, 5) is 14.1. The van der Waals surface area contributed by atoms with Gasteiger partial charge in [-0.2, -0.15) is 0 Å². The highest BCUT2D eigenvalue weighted by Gasteiger charge is 2.18. The molecule has 0 aliphatic heterocycles. The highest BCUT2D eigenvalue weighted by Crippen LogP contribution is 2.32. The zero-order valence-corrected chi connectivity index (χ0v) is 15.6. The van der Waals surface area contributed by atoms with E-state index >= 15 is 0 Å². The number of benzene rings is 1. The topological polar surface area (TPSA) is 43.6 Å². The van der Waals surface area contributed by atoms with Gasteiger partial charge in [-0.05, 0) is 37.5 Å². The summed E-state index contributed by atoms with van der Waals surface area (Å²) < 4.78 is 2.13. The predicted octanol–water partition coefficient (Wildman–Crippen LogP) is 5.72. The van der Waals surface area contributed by atoms with Gasteiger partial charge in [0.1, 0.15) is 0 Å². The van der Waals surface area contributed by atoms with Crippen molar-refractivity contribution in [3.05, 3.63) is 40.3 Å². The second kappa shape index (κ2) is 7.08. The van der Waals surface area contributed by atoms with Gasteiger partial charge in [0.25, 0.3) is 0 Å². The average molecular weight is 363 g/mol. The maximum absolute atomic E-state index is 6.37. The molecular formula is C18H20Cl2N4. The van der Waals surface area contributed by atoms with Gasteiger partial charge in [-0.15, -0.1) is 0 Å².